The number of hydrogen-bond donors (Lipinski definition) is 3. The van der Waals surface area contributed by atoms with Crippen LogP contribution in [0.15, 0.2) is 30.6 Å². The Morgan fingerprint density at radius 1 is 1.26 bits per heavy atom. The topological polar surface area (TPSA) is 109 Å². The highest BCUT2D eigenvalue weighted by Gasteiger charge is 2.09. The molecule has 0 aliphatic rings. The van der Waals surface area contributed by atoms with Crippen LogP contribution in [0, 0.1) is 0 Å². The van der Waals surface area contributed by atoms with Gasteiger partial charge in [0, 0.05) is 5.56 Å². The molecule has 8 heteroatoms. The quantitative estimate of drug-likeness (QED) is 0.637. The highest BCUT2D eigenvalue weighted by Crippen LogP contribution is 2.12. The molecule has 3 N–H and O–H groups in total. The number of unbranched alkanes of at least 4 members (excludes halogenated alkanes) is 1. The van der Waals surface area contributed by atoms with Gasteiger partial charge in [0.15, 0.2) is 0 Å². The Morgan fingerprint density at radius 3 is 2.70 bits per heavy atom. The van der Waals surface area contributed by atoms with Gasteiger partial charge < -0.3 is 10.1 Å². The van der Waals surface area contributed by atoms with Gasteiger partial charge in [0.1, 0.15) is 12.1 Å². The van der Waals surface area contributed by atoms with Gasteiger partial charge in [-0.1, -0.05) is 13.3 Å². The molecule has 0 saturated heterocycles. The molecule has 0 aliphatic heterocycles. The first-order valence-electron chi connectivity index (χ1n) is 7.35. The highest BCUT2D eigenvalue weighted by atomic mass is 16.5. The summed E-state index contributed by atoms with van der Waals surface area (Å²) in [6.07, 6.45) is 3.33. The Hall–Kier alpha value is -2.90. The fourth-order valence-corrected chi connectivity index (χ4v) is 1.74. The van der Waals surface area contributed by atoms with Crippen molar-refractivity contribution in [2.24, 2.45) is 0 Å². The minimum Gasteiger partial charge on any atom is -0.494 e. The van der Waals surface area contributed by atoms with Crippen LogP contribution in [-0.4, -0.2) is 40.1 Å². The Kier molecular flexibility index (Phi) is 6.10. The van der Waals surface area contributed by atoms with E-state index in [-0.39, 0.29) is 18.4 Å². The minimum atomic E-state index is -0.394. The first-order valence-corrected chi connectivity index (χ1v) is 7.35. The third-order valence-corrected chi connectivity index (χ3v) is 2.97. The molecule has 1 aromatic heterocycles. The summed E-state index contributed by atoms with van der Waals surface area (Å²) < 4.78 is 5.53. The first kappa shape index (κ1) is 16.5. The lowest BCUT2D eigenvalue weighted by molar-refractivity contribution is -0.115. The van der Waals surface area contributed by atoms with Crippen LogP contribution in [0.3, 0.4) is 0 Å². The Morgan fingerprint density at radius 2 is 2.04 bits per heavy atom. The normalized spacial score (nSPS) is 10.1. The van der Waals surface area contributed by atoms with E-state index in [1.807, 2.05) is 0 Å². The van der Waals surface area contributed by atoms with E-state index in [0.29, 0.717) is 12.2 Å². The maximum atomic E-state index is 12.0. The van der Waals surface area contributed by atoms with E-state index in [4.69, 9.17) is 4.74 Å². The number of amides is 2. The van der Waals surface area contributed by atoms with Crippen LogP contribution in [0.1, 0.15) is 30.1 Å². The van der Waals surface area contributed by atoms with Gasteiger partial charge in [0.2, 0.25) is 11.9 Å². The predicted molar refractivity (Wildman–Crippen MR) is 84.2 cm³/mol. The fourth-order valence-electron chi connectivity index (χ4n) is 1.74. The second-order valence-corrected chi connectivity index (χ2v) is 4.79. The molecule has 2 amide bonds. The second-order valence-electron chi connectivity index (χ2n) is 4.79. The number of nitrogens with one attached hydrogen (secondary N) is 3. The van der Waals surface area contributed by atoms with E-state index >= 15 is 0 Å². The standard InChI is InChI=1S/C15H19N5O3/c1-2-3-8-23-12-6-4-11(5-7-12)14(22)16-9-13(21)19-15-17-10-18-20-15/h4-7,10H,2-3,8-9H2,1H3,(H,16,22)(H2,17,18,19,20,21). The van der Waals surface area contributed by atoms with E-state index in [1.54, 1.807) is 24.3 Å². The van der Waals surface area contributed by atoms with Crippen molar-refractivity contribution >= 4 is 17.8 Å². The average molecular weight is 317 g/mol. The molecular weight excluding hydrogens is 298 g/mol. The fraction of sp³-hybridized carbons (Fsp3) is 0.333. The molecule has 0 unspecified atom stereocenters. The van der Waals surface area contributed by atoms with Gasteiger partial charge in [-0.05, 0) is 30.7 Å². The van der Waals surface area contributed by atoms with Crippen molar-refractivity contribution < 1.29 is 14.3 Å². The van der Waals surface area contributed by atoms with Crippen molar-refractivity contribution in [1.82, 2.24) is 20.5 Å². The SMILES string of the molecule is CCCCOc1ccc(C(=O)NCC(=O)Nc2ncn[nH]2)cc1. The average Bonchev–Trinajstić information content (AvgIpc) is 3.06. The molecule has 122 valence electrons. The zero-order valence-electron chi connectivity index (χ0n) is 12.8. The van der Waals surface area contributed by atoms with Crippen LogP contribution in [0.2, 0.25) is 0 Å². The molecule has 0 fully saturated rings. The molecule has 0 spiro atoms. The third kappa shape index (κ3) is 5.42. The maximum Gasteiger partial charge on any atom is 0.251 e. The Balaban J connectivity index is 1.77. The van der Waals surface area contributed by atoms with Gasteiger partial charge in [-0.25, -0.2) is 5.10 Å². The first-order chi connectivity index (χ1) is 11.2. The summed E-state index contributed by atoms with van der Waals surface area (Å²) in [5, 5.41) is 11.1. The number of rotatable bonds is 8. The highest BCUT2D eigenvalue weighted by molar-refractivity contribution is 5.98. The predicted octanol–water partition coefficient (Wildman–Crippen LogP) is 1.35. The number of H-pyrrole nitrogens is 1. The van der Waals surface area contributed by atoms with E-state index in [9.17, 15) is 9.59 Å². The smallest absolute Gasteiger partial charge is 0.251 e. The summed E-state index contributed by atoms with van der Waals surface area (Å²) >= 11 is 0. The lowest BCUT2D eigenvalue weighted by atomic mass is 10.2. The van der Waals surface area contributed by atoms with Gasteiger partial charge in [0.25, 0.3) is 5.91 Å². The molecule has 0 aliphatic carbocycles. The number of anilines is 1. The van der Waals surface area contributed by atoms with Crippen molar-refractivity contribution in [3.05, 3.63) is 36.2 Å². The number of hydrogen-bond acceptors (Lipinski definition) is 5. The van der Waals surface area contributed by atoms with Crippen LogP contribution in [-0.2, 0) is 4.79 Å². The summed E-state index contributed by atoms with van der Waals surface area (Å²) in [5.41, 5.74) is 0.459. The molecule has 1 aromatic carbocycles. The monoisotopic (exact) mass is 317 g/mol. The van der Waals surface area contributed by atoms with E-state index in [0.717, 1.165) is 18.6 Å². The van der Waals surface area contributed by atoms with Crippen molar-refractivity contribution in [3.63, 3.8) is 0 Å². The van der Waals surface area contributed by atoms with Gasteiger partial charge in [-0.2, -0.15) is 10.1 Å². The van der Waals surface area contributed by atoms with E-state index in [2.05, 4.69) is 32.7 Å². The summed E-state index contributed by atoms with van der Waals surface area (Å²) in [6, 6.07) is 6.79. The van der Waals surface area contributed by atoms with Crippen molar-refractivity contribution in [2.45, 2.75) is 19.8 Å². The third-order valence-electron chi connectivity index (χ3n) is 2.97. The van der Waals surface area contributed by atoms with Gasteiger partial charge in [-0.15, -0.1) is 0 Å². The molecule has 0 radical (unpaired) electrons. The number of aromatic amines is 1. The lowest BCUT2D eigenvalue weighted by Crippen LogP contribution is -2.33. The van der Waals surface area contributed by atoms with E-state index in [1.165, 1.54) is 6.33 Å². The van der Waals surface area contributed by atoms with Crippen LogP contribution in [0.5, 0.6) is 5.75 Å². The number of benzene rings is 1. The molecule has 0 saturated carbocycles. The van der Waals surface area contributed by atoms with Crippen molar-refractivity contribution in [1.29, 1.82) is 0 Å². The molecule has 2 aromatic rings. The molecule has 1 heterocycles. The molecule has 0 atom stereocenters. The molecule has 23 heavy (non-hydrogen) atoms. The summed E-state index contributed by atoms with van der Waals surface area (Å²) in [6.45, 7) is 2.59. The second kappa shape index (κ2) is 8.52. The molecule has 0 bridgehead atoms. The molecule has 2 rings (SSSR count). The maximum absolute atomic E-state index is 12.0. The number of carbonyl (C=O) groups excluding carboxylic acids is 2. The van der Waals surface area contributed by atoms with Gasteiger partial charge in [0.05, 0.1) is 13.2 Å². The Labute approximate surface area is 133 Å². The number of ether oxygens (including phenoxy) is 1. The summed E-state index contributed by atoms with van der Waals surface area (Å²) in [7, 11) is 0. The van der Waals surface area contributed by atoms with Crippen LogP contribution < -0.4 is 15.4 Å². The Bertz CT molecular complexity index is 625. The summed E-state index contributed by atoms with van der Waals surface area (Å²) in [4.78, 5) is 27.3. The van der Waals surface area contributed by atoms with Gasteiger partial charge in [-0.3, -0.25) is 14.9 Å². The zero-order valence-corrected chi connectivity index (χ0v) is 12.8. The number of nitrogens with zero attached hydrogens (tertiary/aromatic N) is 2. The van der Waals surface area contributed by atoms with Crippen LogP contribution in [0.4, 0.5) is 5.95 Å². The molecular formula is C15H19N5O3. The van der Waals surface area contributed by atoms with Crippen LogP contribution in [0.25, 0.3) is 0 Å². The van der Waals surface area contributed by atoms with Gasteiger partial charge >= 0.3 is 0 Å². The summed E-state index contributed by atoms with van der Waals surface area (Å²) in [5.74, 6) is 0.225. The van der Waals surface area contributed by atoms with Crippen molar-refractivity contribution in [3.8, 4) is 5.75 Å². The van der Waals surface area contributed by atoms with E-state index < -0.39 is 5.91 Å². The number of aromatic nitrogens is 3. The molecule has 8 nitrogen and oxygen atoms in total. The largest absolute Gasteiger partial charge is 0.494 e. The minimum absolute atomic E-state index is 0.158. The van der Waals surface area contributed by atoms with Crippen molar-refractivity contribution in [2.75, 3.05) is 18.5 Å². The lowest BCUT2D eigenvalue weighted by Gasteiger charge is -2.07. The zero-order chi connectivity index (χ0) is 16.5. The van der Waals surface area contributed by atoms with Crippen LogP contribution >= 0.6 is 0 Å². The number of carbonyl (C=O) groups is 2.